The van der Waals surface area contributed by atoms with Gasteiger partial charge in [0.25, 0.3) is 5.88 Å². The molecule has 0 bridgehead atoms. The molecule has 2 N–H and O–H groups in total. The van der Waals surface area contributed by atoms with E-state index in [1.165, 1.54) is 24.5 Å². The number of ether oxygens (including phenoxy) is 1. The molecule has 0 aromatic carbocycles. The van der Waals surface area contributed by atoms with E-state index in [1.807, 2.05) is 0 Å². The van der Waals surface area contributed by atoms with Gasteiger partial charge in [0.05, 0.1) is 11.9 Å². The Morgan fingerprint density at radius 2 is 2.15 bits per heavy atom. The maximum Gasteiger partial charge on any atom is 0.255 e. The molecule has 7 heteroatoms. The van der Waals surface area contributed by atoms with Crippen molar-refractivity contribution in [3.8, 4) is 11.6 Å². The maximum atomic E-state index is 13.4. The summed E-state index contributed by atoms with van der Waals surface area (Å²) >= 11 is 3.21. The molecule has 1 atom stereocenters. The van der Waals surface area contributed by atoms with Crippen LogP contribution in [0.3, 0.4) is 0 Å². The molecule has 2 aromatic heterocycles. The molecule has 5 nitrogen and oxygen atoms in total. The van der Waals surface area contributed by atoms with Crippen LogP contribution in [0, 0.1) is 5.82 Å². The number of hydrogen-bond acceptors (Lipinski definition) is 4. The van der Waals surface area contributed by atoms with Gasteiger partial charge in [0.2, 0.25) is 5.91 Å². The Hall–Kier alpha value is -2.02. The predicted molar refractivity (Wildman–Crippen MR) is 74.0 cm³/mol. The van der Waals surface area contributed by atoms with Crippen molar-refractivity contribution in [1.82, 2.24) is 9.97 Å². The van der Waals surface area contributed by atoms with Gasteiger partial charge in [-0.2, -0.15) is 0 Å². The zero-order valence-corrected chi connectivity index (χ0v) is 12.1. The van der Waals surface area contributed by atoms with Crippen LogP contribution in [0.2, 0.25) is 0 Å². The normalized spacial score (nSPS) is 13.6. The van der Waals surface area contributed by atoms with Crippen LogP contribution in [0.1, 0.15) is 12.6 Å². The largest absolute Gasteiger partial charge is 0.435 e. The van der Waals surface area contributed by atoms with Gasteiger partial charge >= 0.3 is 0 Å². The third kappa shape index (κ3) is 2.93. The number of alkyl halides is 1. The lowest BCUT2D eigenvalue weighted by molar-refractivity contribution is -0.120. The van der Waals surface area contributed by atoms with Crippen molar-refractivity contribution in [3.63, 3.8) is 0 Å². The average molecular weight is 340 g/mol. The monoisotopic (exact) mass is 339 g/mol. The number of rotatable bonds is 4. The lowest BCUT2D eigenvalue weighted by atomic mass is 10.1. The molecule has 0 spiro atoms. The first-order chi connectivity index (χ1) is 9.41. The zero-order valence-electron chi connectivity index (χ0n) is 10.5. The molecular weight excluding hydrogens is 329 g/mol. The van der Waals surface area contributed by atoms with E-state index >= 15 is 0 Å². The minimum Gasteiger partial charge on any atom is -0.435 e. The van der Waals surface area contributed by atoms with Crippen LogP contribution in [0.4, 0.5) is 4.39 Å². The Bertz CT molecular complexity index is 632. The van der Waals surface area contributed by atoms with Crippen molar-refractivity contribution in [2.24, 2.45) is 5.73 Å². The quantitative estimate of drug-likeness (QED) is 0.868. The van der Waals surface area contributed by atoms with Crippen molar-refractivity contribution in [2.45, 2.75) is 11.2 Å². The van der Waals surface area contributed by atoms with E-state index in [2.05, 4.69) is 25.9 Å². The highest BCUT2D eigenvalue weighted by Gasteiger charge is 2.31. The number of carbonyl (C=O) groups excluding carboxylic acids is 1. The number of nitrogens with zero attached hydrogens (tertiary/aromatic N) is 2. The summed E-state index contributed by atoms with van der Waals surface area (Å²) in [5.74, 6) is -0.967. The number of halogens is 2. The lowest BCUT2D eigenvalue weighted by Gasteiger charge is -2.17. The smallest absolute Gasteiger partial charge is 0.255 e. The molecule has 1 unspecified atom stereocenters. The molecule has 2 aromatic rings. The Morgan fingerprint density at radius 1 is 1.40 bits per heavy atom. The number of hydrogen-bond donors (Lipinski definition) is 1. The number of nitrogens with two attached hydrogens (primary N) is 1. The van der Waals surface area contributed by atoms with Crippen molar-refractivity contribution in [2.75, 3.05) is 0 Å². The summed E-state index contributed by atoms with van der Waals surface area (Å²) in [5.41, 5.74) is 5.70. The Balaban J connectivity index is 2.21. The van der Waals surface area contributed by atoms with Crippen LogP contribution in [0.25, 0.3) is 0 Å². The van der Waals surface area contributed by atoms with E-state index in [9.17, 15) is 9.18 Å². The molecule has 1 amide bonds. The molecule has 0 aliphatic rings. The van der Waals surface area contributed by atoms with E-state index in [0.717, 1.165) is 0 Å². The standard InChI is InChI=1S/C13H11BrFN3O2/c1-13(14,12(16)19)10-5-4-8(7-18-10)20-11-9(15)3-2-6-17-11/h2-7H,1H3,(H2,16,19). The molecule has 20 heavy (non-hydrogen) atoms. The first-order valence-electron chi connectivity index (χ1n) is 5.65. The van der Waals surface area contributed by atoms with Crippen molar-refractivity contribution in [3.05, 3.63) is 48.2 Å². The van der Waals surface area contributed by atoms with Gasteiger partial charge in [-0.05, 0) is 31.2 Å². The molecule has 2 rings (SSSR count). The van der Waals surface area contributed by atoms with Gasteiger partial charge in [0, 0.05) is 6.20 Å². The summed E-state index contributed by atoms with van der Waals surface area (Å²) < 4.78 is 17.6. The minimum absolute atomic E-state index is 0.140. The second kappa shape index (κ2) is 5.54. The Morgan fingerprint density at radius 3 is 2.70 bits per heavy atom. The number of amides is 1. The van der Waals surface area contributed by atoms with E-state index < -0.39 is 16.0 Å². The fourth-order valence-electron chi connectivity index (χ4n) is 1.40. The molecule has 0 saturated carbocycles. The number of carbonyl (C=O) groups is 1. The van der Waals surface area contributed by atoms with Gasteiger partial charge in [-0.3, -0.25) is 9.78 Å². The summed E-state index contributed by atoms with van der Waals surface area (Å²) in [6.07, 6.45) is 2.79. The molecule has 0 radical (unpaired) electrons. The number of pyridine rings is 2. The highest BCUT2D eigenvalue weighted by molar-refractivity contribution is 9.10. The van der Waals surface area contributed by atoms with Gasteiger partial charge in [-0.15, -0.1) is 0 Å². The predicted octanol–water partition coefficient (Wildman–Crippen LogP) is 2.50. The van der Waals surface area contributed by atoms with Crippen LogP contribution in [0.5, 0.6) is 11.6 Å². The fourth-order valence-corrected chi connectivity index (χ4v) is 1.64. The molecular formula is C13H11BrFN3O2. The second-order valence-electron chi connectivity index (χ2n) is 4.14. The van der Waals surface area contributed by atoms with E-state index in [0.29, 0.717) is 11.4 Å². The third-order valence-electron chi connectivity index (χ3n) is 2.62. The highest BCUT2D eigenvalue weighted by Crippen LogP contribution is 2.30. The number of aromatic nitrogens is 2. The fraction of sp³-hybridized carbons (Fsp3) is 0.154. The summed E-state index contributed by atoms with van der Waals surface area (Å²) in [7, 11) is 0. The second-order valence-corrected chi connectivity index (χ2v) is 5.72. The van der Waals surface area contributed by atoms with E-state index in [1.54, 1.807) is 19.1 Å². The third-order valence-corrected chi connectivity index (χ3v) is 3.42. The number of primary amides is 1. The molecule has 0 saturated heterocycles. The van der Waals surface area contributed by atoms with E-state index in [4.69, 9.17) is 10.5 Å². The van der Waals surface area contributed by atoms with Crippen LogP contribution in [0.15, 0.2) is 36.7 Å². The highest BCUT2D eigenvalue weighted by atomic mass is 79.9. The SMILES string of the molecule is CC(Br)(C(N)=O)c1ccc(Oc2ncccc2F)cn1. The topological polar surface area (TPSA) is 78.1 Å². The van der Waals surface area contributed by atoms with Crippen LogP contribution in [-0.4, -0.2) is 15.9 Å². The van der Waals surface area contributed by atoms with Gasteiger partial charge in [-0.1, -0.05) is 15.9 Å². The first kappa shape index (κ1) is 14.4. The van der Waals surface area contributed by atoms with Crippen LogP contribution < -0.4 is 10.5 Å². The lowest BCUT2D eigenvalue weighted by Crippen LogP contribution is -2.33. The van der Waals surface area contributed by atoms with Crippen LogP contribution >= 0.6 is 15.9 Å². The van der Waals surface area contributed by atoms with Gasteiger partial charge in [0.1, 0.15) is 10.1 Å². The summed E-state index contributed by atoms with van der Waals surface area (Å²) in [6.45, 7) is 1.59. The molecule has 0 aliphatic carbocycles. The van der Waals surface area contributed by atoms with Crippen molar-refractivity contribution < 1.29 is 13.9 Å². The summed E-state index contributed by atoms with van der Waals surface area (Å²) in [4.78, 5) is 19.1. The van der Waals surface area contributed by atoms with Crippen molar-refractivity contribution in [1.29, 1.82) is 0 Å². The zero-order chi connectivity index (χ0) is 14.8. The first-order valence-corrected chi connectivity index (χ1v) is 6.44. The molecule has 0 aliphatic heterocycles. The molecule has 0 fully saturated rings. The van der Waals surface area contributed by atoms with Gasteiger partial charge in [0.15, 0.2) is 5.82 Å². The average Bonchev–Trinajstić information content (AvgIpc) is 2.42. The Labute approximate surface area is 123 Å². The van der Waals surface area contributed by atoms with Gasteiger partial charge in [-0.25, -0.2) is 9.37 Å². The minimum atomic E-state index is -1.07. The maximum absolute atomic E-state index is 13.4. The summed E-state index contributed by atoms with van der Waals surface area (Å²) in [5, 5.41) is 0. The summed E-state index contributed by atoms with van der Waals surface area (Å²) in [6, 6.07) is 5.83. The Kier molecular flexibility index (Phi) is 3.99. The van der Waals surface area contributed by atoms with Crippen molar-refractivity contribution >= 4 is 21.8 Å². The molecule has 104 valence electrons. The van der Waals surface area contributed by atoms with Crippen LogP contribution in [-0.2, 0) is 9.12 Å². The molecule has 2 heterocycles. The van der Waals surface area contributed by atoms with Gasteiger partial charge < -0.3 is 10.5 Å². The van der Waals surface area contributed by atoms with E-state index in [-0.39, 0.29) is 5.88 Å².